The van der Waals surface area contributed by atoms with Crippen molar-refractivity contribution in [1.29, 1.82) is 0 Å². The molecule has 0 aliphatic rings. The van der Waals surface area contributed by atoms with Gasteiger partial charge in [0.05, 0.1) is 5.56 Å². The van der Waals surface area contributed by atoms with Crippen LogP contribution >= 0.6 is 12.4 Å². The summed E-state index contributed by atoms with van der Waals surface area (Å²) in [6.45, 7) is 0. The molecule has 0 bridgehead atoms. The molecular weight excluding hydrogens is 296 g/mol. The molecule has 0 aliphatic carbocycles. The average molecular weight is 308 g/mol. The van der Waals surface area contributed by atoms with Crippen LogP contribution in [-0.2, 0) is 6.18 Å². The maximum atomic E-state index is 12.6. The second kappa shape index (κ2) is 6.47. The van der Waals surface area contributed by atoms with Gasteiger partial charge in [-0.3, -0.25) is 0 Å². The first-order valence-electron chi connectivity index (χ1n) is 5.10. The Balaban J connectivity index is 0.00000324. The fourth-order valence-corrected chi connectivity index (χ4v) is 1.55. The molecule has 0 aliphatic heterocycles. The monoisotopic (exact) mass is 307 g/mol. The van der Waals surface area contributed by atoms with Crippen LogP contribution in [0.3, 0.4) is 0 Å². The lowest BCUT2D eigenvalue weighted by Gasteiger charge is -2.18. The van der Waals surface area contributed by atoms with Crippen LogP contribution in [0.2, 0.25) is 0 Å². The topological polar surface area (TPSA) is 26.0 Å². The van der Waals surface area contributed by atoms with Gasteiger partial charge in [0, 0.05) is 12.5 Å². The van der Waals surface area contributed by atoms with Gasteiger partial charge in [0.25, 0.3) is 0 Å². The Morgan fingerprint density at radius 1 is 1.00 bits per heavy atom. The minimum Gasteiger partial charge on any atom is -0.324 e. The van der Waals surface area contributed by atoms with Gasteiger partial charge >= 0.3 is 12.4 Å². The van der Waals surface area contributed by atoms with E-state index >= 15 is 0 Å². The van der Waals surface area contributed by atoms with Crippen molar-refractivity contribution in [2.45, 2.75) is 31.2 Å². The van der Waals surface area contributed by atoms with E-state index in [1.54, 1.807) is 0 Å². The van der Waals surface area contributed by atoms with Gasteiger partial charge in [0.15, 0.2) is 0 Å². The summed E-state index contributed by atoms with van der Waals surface area (Å²) in [6.07, 6.45) is -10.8. The second-order valence-corrected chi connectivity index (χ2v) is 3.85. The summed E-state index contributed by atoms with van der Waals surface area (Å²) in [7, 11) is 0. The number of nitrogens with two attached hydrogens (primary N) is 1. The second-order valence-electron chi connectivity index (χ2n) is 3.85. The van der Waals surface area contributed by atoms with Gasteiger partial charge in [-0.2, -0.15) is 26.3 Å². The predicted octanol–water partition coefficient (Wildman–Crippen LogP) is 4.47. The van der Waals surface area contributed by atoms with E-state index in [4.69, 9.17) is 5.73 Å². The molecule has 1 aromatic rings. The van der Waals surface area contributed by atoms with E-state index in [0.29, 0.717) is 0 Å². The van der Waals surface area contributed by atoms with E-state index in [1.807, 2.05) is 0 Å². The highest BCUT2D eigenvalue weighted by atomic mass is 35.5. The zero-order chi connectivity index (χ0) is 14.0. The normalized spacial score (nSPS) is 13.8. The summed E-state index contributed by atoms with van der Waals surface area (Å²) in [5, 5.41) is 0. The minimum absolute atomic E-state index is 0. The van der Waals surface area contributed by atoms with E-state index < -0.39 is 36.8 Å². The van der Waals surface area contributed by atoms with Crippen molar-refractivity contribution in [3.63, 3.8) is 0 Å². The Morgan fingerprint density at radius 3 is 2.00 bits per heavy atom. The molecule has 0 saturated carbocycles. The van der Waals surface area contributed by atoms with Gasteiger partial charge < -0.3 is 5.73 Å². The lowest BCUT2D eigenvalue weighted by atomic mass is 9.97. The van der Waals surface area contributed by atoms with Gasteiger partial charge in [-0.1, -0.05) is 18.2 Å². The number of rotatable bonds is 3. The summed E-state index contributed by atoms with van der Waals surface area (Å²) in [5.41, 5.74) is 4.10. The van der Waals surface area contributed by atoms with Gasteiger partial charge in [-0.15, -0.1) is 12.4 Å². The van der Waals surface area contributed by atoms with E-state index in [9.17, 15) is 26.3 Å². The summed E-state index contributed by atoms with van der Waals surface area (Å²) in [5.74, 6) is 0. The molecule has 2 N–H and O–H groups in total. The summed E-state index contributed by atoms with van der Waals surface area (Å²) in [4.78, 5) is 0. The van der Waals surface area contributed by atoms with Crippen LogP contribution in [0.15, 0.2) is 24.3 Å². The Kier molecular flexibility index (Phi) is 6.15. The molecule has 0 spiro atoms. The van der Waals surface area contributed by atoms with Crippen molar-refractivity contribution >= 4 is 12.4 Å². The SMILES string of the molecule is Cl.N[C@@H](CCC(F)(F)F)c1ccccc1C(F)(F)F. The highest BCUT2D eigenvalue weighted by molar-refractivity contribution is 5.85. The number of hydrogen-bond acceptors (Lipinski definition) is 1. The standard InChI is InChI=1S/C11H11F6N.ClH/c12-10(13,14)6-5-9(18)7-3-1-2-4-8(7)11(15,16)17;/h1-4,9H,5-6,18H2;1H/t9-;/m0./s1. The first kappa shape index (κ1) is 18.0. The van der Waals surface area contributed by atoms with Gasteiger partial charge in [-0.05, 0) is 18.1 Å². The molecule has 8 heteroatoms. The molecule has 0 radical (unpaired) electrons. The molecule has 110 valence electrons. The van der Waals surface area contributed by atoms with Crippen molar-refractivity contribution in [2.24, 2.45) is 5.73 Å². The molecule has 0 unspecified atom stereocenters. The molecule has 19 heavy (non-hydrogen) atoms. The van der Waals surface area contributed by atoms with Crippen LogP contribution in [0.5, 0.6) is 0 Å². The third-order valence-electron chi connectivity index (χ3n) is 2.40. The minimum atomic E-state index is -4.62. The van der Waals surface area contributed by atoms with Crippen LogP contribution in [0, 0.1) is 0 Å². The van der Waals surface area contributed by atoms with Gasteiger partial charge in [0.2, 0.25) is 0 Å². The lowest BCUT2D eigenvalue weighted by molar-refractivity contribution is -0.139. The van der Waals surface area contributed by atoms with Crippen LogP contribution in [-0.4, -0.2) is 6.18 Å². The quantitative estimate of drug-likeness (QED) is 0.819. The molecule has 1 rings (SSSR count). The first-order valence-corrected chi connectivity index (χ1v) is 5.10. The van der Waals surface area contributed by atoms with E-state index in [1.165, 1.54) is 12.1 Å². The molecule has 0 saturated heterocycles. The Labute approximate surface area is 112 Å². The molecule has 0 amide bonds. The Morgan fingerprint density at radius 2 is 1.53 bits per heavy atom. The zero-order valence-corrected chi connectivity index (χ0v) is 10.4. The average Bonchev–Trinajstić information content (AvgIpc) is 2.24. The third kappa shape index (κ3) is 5.69. The highest BCUT2D eigenvalue weighted by Gasteiger charge is 2.35. The molecule has 1 atom stereocenters. The molecule has 0 aromatic heterocycles. The van der Waals surface area contributed by atoms with Crippen LogP contribution in [0.25, 0.3) is 0 Å². The summed E-state index contributed by atoms with van der Waals surface area (Å²) >= 11 is 0. The highest BCUT2D eigenvalue weighted by Crippen LogP contribution is 2.36. The smallest absolute Gasteiger partial charge is 0.324 e. The van der Waals surface area contributed by atoms with Crippen molar-refractivity contribution in [2.75, 3.05) is 0 Å². The number of halogens is 7. The van der Waals surface area contributed by atoms with Crippen molar-refractivity contribution in [3.8, 4) is 0 Å². The maximum absolute atomic E-state index is 12.6. The molecule has 1 aromatic carbocycles. The number of alkyl halides is 6. The Bertz CT molecular complexity index is 401. The van der Waals surface area contributed by atoms with Crippen molar-refractivity contribution in [1.82, 2.24) is 0 Å². The largest absolute Gasteiger partial charge is 0.416 e. The van der Waals surface area contributed by atoms with Crippen molar-refractivity contribution < 1.29 is 26.3 Å². The summed E-state index contributed by atoms with van der Waals surface area (Å²) < 4.78 is 73.8. The lowest BCUT2D eigenvalue weighted by Crippen LogP contribution is -2.19. The molecule has 0 heterocycles. The van der Waals surface area contributed by atoms with Crippen LogP contribution < -0.4 is 5.73 Å². The maximum Gasteiger partial charge on any atom is 0.416 e. The van der Waals surface area contributed by atoms with Gasteiger partial charge in [0.1, 0.15) is 0 Å². The third-order valence-corrected chi connectivity index (χ3v) is 2.40. The molecule has 0 fully saturated rings. The fraction of sp³-hybridized carbons (Fsp3) is 0.455. The van der Waals surface area contributed by atoms with E-state index in [2.05, 4.69) is 0 Å². The summed E-state index contributed by atoms with van der Waals surface area (Å²) in [6, 6.07) is 3.11. The predicted molar refractivity (Wildman–Crippen MR) is 60.9 cm³/mol. The van der Waals surface area contributed by atoms with Crippen LogP contribution in [0.4, 0.5) is 26.3 Å². The first-order chi connectivity index (χ1) is 8.11. The Hall–Kier alpha value is -0.950. The molecular formula is C11H12ClF6N. The van der Waals surface area contributed by atoms with Crippen molar-refractivity contribution in [3.05, 3.63) is 35.4 Å². The van der Waals surface area contributed by atoms with E-state index in [0.717, 1.165) is 12.1 Å². The van der Waals surface area contributed by atoms with Gasteiger partial charge in [-0.25, -0.2) is 0 Å². The fourth-order valence-electron chi connectivity index (χ4n) is 1.55. The number of hydrogen-bond donors (Lipinski definition) is 1. The van der Waals surface area contributed by atoms with Crippen LogP contribution in [0.1, 0.15) is 30.0 Å². The zero-order valence-electron chi connectivity index (χ0n) is 9.55. The van der Waals surface area contributed by atoms with E-state index in [-0.39, 0.29) is 18.0 Å². The number of benzene rings is 1. The molecule has 1 nitrogen and oxygen atoms in total.